The third-order valence-electron chi connectivity index (χ3n) is 2.19. The van der Waals surface area contributed by atoms with Gasteiger partial charge in [0.15, 0.2) is 5.17 Å². The molecule has 0 aliphatic carbocycles. The summed E-state index contributed by atoms with van der Waals surface area (Å²) in [6.45, 7) is 3.95. The molecule has 0 radical (unpaired) electrons. The van der Waals surface area contributed by atoms with E-state index in [0.717, 1.165) is 11.3 Å². The average molecular weight is 262 g/mol. The fourth-order valence-electron chi connectivity index (χ4n) is 1.49. The topological polar surface area (TPSA) is 64.7 Å². The summed E-state index contributed by atoms with van der Waals surface area (Å²) in [5.41, 5.74) is 6.40. The maximum absolute atomic E-state index is 11.4. The number of ether oxygens (including phenoxy) is 1. The van der Waals surface area contributed by atoms with Crippen LogP contribution in [0.15, 0.2) is 34.2 Å². The largest absolute Gasteiger partial charge is 0.491 e. The number of hydrogen-bond donors (Lipinski definition) is 1. The Morgan fingerprint density at radius 2 is 2.00 bits per heavy atom. The number of thioether (sulfide) groups is 1. The van der Waals surface area contributed by atoms with Gasteiger partial charge < -0.3 is 10.5 Å². The number of benzene rings is 1. The van der Waals surface area contributed by atoms with Crippen molar-refractivity contribution in [3.05, 3.63) is 34.7 Å². The quantitative estimate of drug-likeness (QED) is 0.849. The summed E-state index contributed by atoms with van der Waals surface area (Å²) in [6, 6.07) is 7.54. The van der Waals surface area contributed by atoms with Crippen molar-refractivity contribution in [2.24, 2.45) is 10.7 Å². The van der Waals surface area contributed by atoms with Crippen LogP contribution in [0.4, 0.5) is 0 Å². The predicted octanol–water partition coefficient (Wildman–Crippen LogP) is 2.40. The minimum Gasteiger partial charge on any atom is -0.491 e. The smallest absolute Gasteiger partial charge is 0.286 e. The highest BCUT2D eigenvalue weighted by molar-refractivity contribution is 8.18. The summed E-state index contributed by atoms with van der Waals surface area (Å²) in [5.74, 6) is 0.535. The minimum atomic E-state index is -0.278. The van der Waals surface area contributed by atoms with Crippen LogP contribution in [-0.2, 0) is 4.79 Å². The molecule has 5 heteroatoms. The third-order valence-corrected chi connectivity index (χ3v) is 3.00. The van der Waals surface area contributed by atoms with Gasteiger partial charge in [-0.25, -0.2) is 0 Å². The number of nitrogens with two attached hydrogens (primary N) is 1. The first-order chi connectivity index (χ1) is 8.54. The highest BCUT2D eigenvalue weighted by Gasteiger charge is 2.19. The molecule has 4 nitrogen and oxygen atoms in total. The van der Waals surface area contributed by atoms with E-state index in [1.807, 2.05) is 38.1 Å². The van der Waals surface area contributed by atoms with Crippen molar-refractivity contribution in [1.29, 1.82) is 0 Å². The Hall–Kier alpha value is -1.75. The monoisotopic (exact) mass is 262 g/mol. The molecule has 1 aromatic carbocycles. The maximum atomic E-state index is 11.4. The van der Waals surface area contributed by atoms with Gasteiger partial charge in [-0.1, -0.05) is 12.1 Å². The van der Waals surface area contributed by atoms with Crippen LogP contribution in [0.5, 0.6) is 5.75 Å². The molecular weight excluding hydrogens is 248 g/mol. The van der Waals surface area contributed by atoms with E-state index in [1.54, 1.807) is 6.08 Å². The highest BCUT2D eigenvalue weighted by atomic mass is 32.2. The number of carbonyl (C=O) groups is 1. The summed E-state index contributed by atoms with van der Waals surface area (Å²) in [4.78, 5) is 15.6. The molecule has 1 aliphatic heterocycles. The lowest BCUT2D eigenvalue weighted by Crippen LogP contribution is -2.05. The molecule has 0 saturated heterocycles. The number of nitrogens with zero attached hydrogens (tertiary/aromatic N) is 1. The van der Waals surface area contributed by atoms with Crippen LogP contribution >= 0.6 is 11.8 Å². The van der Waals surface area contributed by atoms with E-state index in [4.69, 9.17) is 10.5 Å². The van der Waals surface area contributed by atoms with Crippen LogP contribution in [0, 0.1) is 0 Å². The van der Waals surface area contributed by atoms with Crippen LogP contribution < -0.4 is 10.5 Å². The molecule has 0 unspecified atom stereocenters. The number of amides is 1. The van der Waals surface area contributed by atoms with Gasteiger partial charge >= 0.3 is 0 Å². The van der Waals surface area contributed by atoms with Gasteiger partial charge in [0.2, 0.25) is 0 Å². The first-order valence-corrected chi connectivity index (χ1v) is 6.41. The lowest BCUT2D eigenvalue weighted by molar-refractivity contribution is -0.113. The molecule has 0 fully saturated rings. The first-order valence-electron chi connectivity index (χ1n) is 5.59. The van der Waals surface area contributed by atoms with Crippen LogP contribution in [0.3, 0.4) is 0 Å². The van der Waals surface area contributed by atoms with E-state index in [0.29, 0.717) is 10.1 Å². The Kier molecular flexibility index (Phi) is 3.72. The highest BCUT2D eigenvalue weighted by Crippen LogP contribution is 2.26. The number of aliphatic imine (C=N–C) groups is 1. The number of hydrogen-bond acceptors (Lipinski definition) is 4. The molecule has 0 saturated carbocycles. The second-order valence-electron chi connectivity index (χ2n) is 4.10. The van der Waals surface area contributed by atoms with E-state index in [9.17, 15) is 4.79 Å². The van der Waals surface area contributed by atoms with Crippen LogP contribution in [0.25, 0.3) is 6.08 Å². The molecule has 2 N–H and O–H groups in total. The summed E-state index contributed by atoms with van der Waals surface area (Å²) in [7, 11) is 0. The van der Waals surface area contributed by atoms with E-state index in [2.05, 4.69) is 4.99 Å². The van der Waals surface area contributed by atoms with Gasteiger partial charge in [0.05, 0.1) is 11.0 Å². The minimum absolute atomic E-state index is 0.148. The van der Waals surface area contributed by atoms with Crippen LogP contribution in [-0.4, -0.2) is 17.2 Å². The van der Waals surface area contributed by atoms with Crippen LogP contribution in [0.1, 0.15) is 19.4 Å². The zero-order chi connectivity index (χ0) is 13.1. The molecule has 94 valence electrons. The summed E-state index contributed by atoms with van der Waals surface area (Å²) in [5, 5.41) is 0.297. The SMILES string of the molecule is CC(C)Oc1ccc(/C=C2\SC(N)=NC2=O)cc1. The van der Waals surface area contributed by atoms with Crippen molar-refractivity contribution < 1.29 is 9.53 Å². The molecule has 2 rings (SSSR count). The van der Waals surface area contributed by atoms with E-state index < -0.39 is 0 Å². The van der Waals surface area contributed by atoms with Gasteiger partial charge in [-0.2, -0.15) is 4.99 Å². The van der Waals surface area contributed by atoms with E-state index >= 15 is 0 Å². The fourth-order valence-corrected chi connectivity index (χ4v) is 2.17. The normalized spacial score (nSPS) is 17.4. The second-order valence-corrected chi connectivity index (χ2v) is 5.16. The lowest BCUT2D eigenvalue weighted by Gasteiger charge is -2.09. The van der Waals surface area contributed by atoms with Gasteiger partial charge in [0, 0.05) is 0 Å². The van der Waals surface area contributed by atoms with E-state index in [1.165, 1.54) is 11.8 Å². The molecule has 18 heavy (non-hydrogen) atoms. The summed E-state index contributed by atoms with van der Waals surface area (Å²) >= 11 is 1.19. The van der Waals surface area contributed by atoms with Crippen molar-refractivity contribution in [3.63, 3.8) is 0 Å². The molecule has 1 amide bonds. The molecule has 0 aromatic heterocycles. The fraction of sp³-hybridized carbons (Fsp3) is 0.231. The van der Waals surface area contributed by atoms with Crippen molar-refractivity contribution in [1.82, 2.24) is 0 Å². The zero-order valence-corrected chi connectivity index (χ0v) is 11.0. The summed E-state index contributed by atoms with van der Waals surface area (Å²) < 4.78 is 5.54. The first kappa shape index (κ1) is 12.7. The number of amidine groups is 1. The van der Waals surface area contributed by atoms with Gasteiger partial charge in [0.1, 0.15) is 5.75 Å². The van der Waals surface area contributed by atoms with Crippen molar-refractivity contribution in [3.8, 4) is 5.75 Å². The van der Waals surface area contributed by atoms with Gasteiger partial charge in [-0.3, -0.25) is 4.79 Å². The zero-order valence-electron chi connectivity index (χ0n) is 10.2. The number of carbonyl (C=O) groups excluding carboxylic acids is 1. The number of rotatable bonds is 3. The lowest BCUT2D eigenvalue weighted by atomic mass is 10.2. The van der Waals surface area contributed by atoms with Gasteiger partial charge in [-0.05, 0) is 49.4 Å². The molecule has 0 spiro atoms. The Balaban J connectivity index is 2.12. The molecule has 0 bridgehead atoms. The Morgan fingerprint density at radius 3 is 2.50 bits per heavy atom. The average Bonchev–Trinajstić information content (AvgIpc) is 2.59. The molecule has 1 aliphatic rings. The van der Waals surface area contributed by atoms with E-state index in [-0.39, 0.29) is 12.0 Å². The Labute approximate surface area is 110 Å². The molecule has 1 aromatic rings. The third kappa shape index (κ3) is 3.13. The van der Waals surface area contributed by atoms with Gasteiger partial charge in [0.25, 0.3) is 5.91 Å². The van der Waals surface area contributed by atoms with Crippen molar-refractivity contribution in [2.75, 3.05) is 0 Å². The van der Waals surface area contributed by atoms with Crippen molar-refractivity contribution in [2.45, 2.75) is 20.0 Å². The molecule has 1 heterocycles. The Bertz CT molecular complexity index is 518. The van der Waals surface area contributed by atoms with Crippen LogP contribution in [0.2, 0.25) is 0 Å². The standard InChI is InChI=1S/C13H14N2O2S/c1-8(2)17-10-5-3-9(4-6-10)7-11-12(16)15-13(14)18-11/h3-8H,1-2H3,(H2,14,15,16)/b11-7-. The van der Waals surface area contributed by atoms with Gasteiger partial charge in [-0.15, -0.1) is 0 Å². The Morgan fingerprint density at radius 1 is 1.33 bits per heavy atom. The molecular formula is C13H14N2O2S. The maximum Gasteiger partial charge on any atom is 0.286 e. The van der Waals surface area contributed by atoms with Crippen molar-refractivity contribution >= 4 is 28.9 Å². The predicted molar refractivity (Wildman–Crippen MR) is 74.4 cm³/mol. The summed E-state index contributed by atoms with van der Waals surface area (Å²) in [6.07, 6.45) is 1.92. The molecule has 0 atom stereocenters. The second kappa shape index (κ2) is 5.27.